The lowest BCUT2D eigenvalue weighted by molar-refractivity contribution is 0.327. The van der Waals surface area contributed by atoms with Crippen LogP contribution < -0.4 is 4.90 Å². The van der Waals surface area contributed by atoms with Crippen LogP contribution in [-0.4, -0.2) is 37.6 Å². The van der Waals surface area contributed by atoms with Gasteiger partial charge in [0.15, 0.2) is 0 Å². The summed E-state index contributed by atoms with van der Waals surface area (Å²) < 4.78 is 28.5. The molecule has 0 radical (unpaired) electrons. The molecule has 1 aliphatic heterocycles. The number of benzene rings is 1. The highest BCUT2D eigenvalue weighted by atomic mass is 35.5. The molecule has 1 saturated heterocycles. The summed E-state index contributed by atoms with van der Waals surface area (Å²) in [5, 5.41) is 0. The molecule has 1 aliphatic rings. The van der Waals surface area contributed by atoms with Crippen LogP contribution in [0.5, 0.6) is 0 Å². The van der Waals surface area contributed by atoms with E-state index in [0.29, 0.717) is 12.1 Å². The Hall–Kier alpha value is -0.870. The highest BCUT2D eigenvalue weighted by Crippen LogP contribution is 2.29. The Morgan fingerprint density at radius 3 is 2.45 bits per heavy atom. The maximum absolute atomic E-state index is 14.3. The summed E-state index contributed by atoms with van der Waals surface area (Å²) in [6.45, 7) is 4.51. The number of likely N-dealkylation sites (N-methyl/N-ethyl adjacent to an activating group) is 1. The van der Waals surface area contributed by atoms with E-state index in [0.717, 1.165) is 25.9 Å². The van der Waals surface area contributed by atoms with Crippen LogP contribution in [0.4, 0.5) is 14.5 Å². The molecule has 20 heavy (non-hydrogen) atoms. The molecule has 112 valence electrons. The van der Waals surface area contributed by atoms with E-state index in [9.17, 15) is 8.78 Å². The van der Waals surface area contributed by atoms with Crippen LogP contribution in [0, 0.1) is 11.6 Å². The van der Waals surface area contributed by atoms with Gasteiger partial charge in [-0.3, -0.25) is 0 Å². The summed E-state index contributed by atoms with van der Waals surface area (Å²) >= 11 is 5.66. The lowest BCUT2D eigenvalue weighted by Gasteiger charge is -2.32. The Balaban J connectivity index is 2.37. The second-order valence-electron chi connectivity index (χ2n) is 5.41. The van der Waals surface area contributed by atoms with E-state index in [4.69, 9.17) is 11.6 Å². The summed E-state index contributed by atoms with van der Waals surface area (Å²) in [6, 6.07) is 2.81. The highest BCUT2D eigenvalue weighted by molar-refractivity contribution is 6.17. The SMILES string of the molecule is CCC1CN(C)CCCN1c1c(F)cc(CCl)cc1F. The first-order valence-corrected chi connectivity index (χ1v) is 7.59. The Bertz CT molecular complexity index is 444. The van der Waals surface area contributed by atoms with E-state index in [1.807, 2.05) is 4.90 Å². The van der Waals surface area contributed by atoms with Gasteiger partial charge < -0.3 is 9.80 Å². The van der Waals surface area contributed by atoms with E-state index in [-0.39, 0.29) is 17.6 Å². The van der Waals surface area contributed by atoms with Crippen molar-refractivity contribution in [2.24, 2.45) is 0 Å². The Kier molecular flexibility index (Phi) is 5.22. The standard InChI is InChI=1S/C15H21ClF2N2/c1-3-12-10-19(2)5-4-6-20(12)15-13(17)7-11(9-16)8-14(15)18/h7-8,12H,3-6,9-10H2,1-2H3. The van der Waals surface area contributed by atoms with Gasteiger partial charge >= 0.3 is 0 Å². The van der Waals surface area contributed by atoms with Gasteiger partial charge in [-0.15, -0.1) is 11.6 Å². The Morgan fingerprint density at radius 2 is 1.90 bits per heavy atom. The Labute approximate surface area is 124 Å². The Morgan fingerprint density at radius 1 is 1.25 bits per heavy atom. The normalized spacial score (nSPS) is 21.1. The van der Waals surface area contributed by atoms with Crippen molar-refractivity contribution in [3.8, 4) is 0 Å². The van der Waals surface area contributed by atoms with Gasteiger partial charge in [-0.05, 0) is 44.1 Å². The molecule has 5 heteroatoms. The molecule has 1 fully saturated rings. The van der Waals surface area contributed by atoms with Crippen molar-refractivity contribution in [1.29, 1.82) is 0 Å². The van der Waals surface area contributed by atoms with E-state index >= 15 is 0 Å². The molecule has 0 N–H and O–H groups in total. The van der Waals surface area contributed by atoms with Crippen LogP contribution in [0.1, 0.15) is 25.3 Å². The molecule has 0 amide bonds. The van der Waals surface area contributed by atoms with E-state index < -0.39 is 11.6 Å². The molecule has 0 spiro atoms. The summed E-state index contributed by atoms with van der Waals surface area (Å²) in [5.41, 5.74) is 0.575. The number of halogens is 3. The van der Waals surface area contributed by atoms with Gasteiger partial charge in [0.25, 0.3) is 0 Å². The lowest BCUT2D eigenvalue weighted by atomic mass is 10.1. The van der Waals surface area contributed by atoms with Crippen molar-refractivity contribution in [2.75, 3.05) is 31.6 Å². The van der Waals surface area contributed by atoms with Crippen LogP contribution >= 0.6 is 11.6 Å². The van der Waals surface area contributed by atoms with Gasteiger partial charge in [0.05, 0.1) is 0 Å². The summed E-state index contributed by atoms with van der Waals surface area (Å²) in [5.74, 6) is -0.902. The fourth-order valence-corrected chi connectivity index (χ4v) is 3.01. The molecule has 0 aliphatic carbocycles. The second kappa shape index (κ2) is 6.72. The van der Waals surface area contributed by atoms with Gasteiger partial charge in [0.2, 0.25) is 0 Å². The van der Waals surface area contributed by atoms with Crippen molar-refractivity contribution in [3.63, 3.8) is 0 Å². The topological polar surface area (TPSA) is 6.48 Å². The van der Waals surface area contributed by atoms with E-state index in [2.05, 4.69) is 18.9 Å². The minimum Gasteiger partial charge on any atom is -0.362 e. The molecule has 1 unspecified atom stereocenters. The van der Waals surface area contributed by atoms with Crippen molar-refractivity contribution < 1.29 is 8.78 Å². The van der Waals surface area contributed by atoms with Crippen LogP contribution in [0.3, 0.4) is 0 Å². The van der Waals surface area contributed by atoms with Crippen LogP contribution in [0.15, 0.2) is 12.1 Å². The van der Waals surface area contributed by atoms with Crippen molar-refractivity contribution in [1.82, 2.24) is 4.90 Å². The highest BCUT2D eigenvalue weighted by Gasteiger charge is 2.27. The van der Waals surface area contributed by atoms with Gasteiger partial charge in [0.1, 0.15) is 17.3 Å². The quantitative estimate of drug-likeness (QED) is 0.787. The molecular formula is C15H21ClF2N2. The van der Waals surface area contributed by atoms with Crippen LogP contribution in [0.25, 0.3) is 0 Å². The molecule has 1 heterocycles. The smallest absolute Gasteiger partial charge is 0.149 e. The zero-order valence-electron chi connectivity index (χ0n) is 12.0. The minimum absolute atomic E-state index is 0.0982. The van der Waals surface area contributed by atoms with Crippen molar-refractivity contribution >= 4 is 17.3 Å². The second-order valence-corrected chi connectivity index (χ2v) is 5.68. The minimum atomic E-state index is -0.511. The fourth-order valence-electron chi connectivity index (χ4n) is 2.86. The third-order valence-electron chi connectivity index (χ3n) is 3.89. The first-order chi connectivity index (χ1) is 9.56. The van der Waals surface area contributed by atoms with Crippen molar-refractivity contribution in [2.45, 2.75) is 31.7 Å². The molecule has 0 bridgehead atoms. The van der Waals surface area contributed by atoms with E-state index in [1.54, 1.807) is 0 Å². The van der Waals surface area contributed by atoms with Crippen LogP contribution in [0.2, 0.25) is 0 Å². The molecule has 2 nitrogen and oxygen atoms in total. The lowest BCUT2D eigenvalue weighted by Crippen LogP contribution is -2.40. The molecule has 1 aromatic rings. The molecule has 2 rings (SSSR count). The maximum Gasteiger partial charge on any atom is 0.149 e. The number of anilines is 1. The van der Waals surface area contributed by atoms with Gasteiger partial charge in [-0.1, -0.05) is 6.92 Å². The van der Waals surface area contributed by atoms with E-state index in [1.165, 1.54) is 12.1 Å². The molecule has 1 aromatic carbocycles. The van der Waals surface area contributed by atoms with Gasteiger partial charge in [-0.25, -0.2) is 8.78 Å². The predicted molar refractivity (Wildman–Crippen MR) is 79.5 cm³/mol. The number of nitrogens with zero attached hydrogens (tertiary/aromatic N) is 2. The third kappa shape index (κ3) is 3.23. The number of hydrogen-bond acceptors (Lipinski definition) is 2. The summed E-state index contributed by atoms with van der Waals surface area (Å²) in [6.07, 6.45) is 1.77. The number of rotatable bonds is 3. The van der Waals surface area contributed by atoms with Gasteiger partial charge in [0, 0.05) is 25.0 Å². The summed E-state index contributed by atoms with van der Waals surface area (Å²) in [7, 11) is 2.05. The fraction of sp³-hybridized carbons (Fsp3) is 0.600. The predicted octanol–water partition coefficient (Wildman–Crippen LogP) is 3.62. The molecular weight excluding hydrogens is 282 g/mol. The summed E-state index contributed by atoms with van der Waals surface area (Å²) in [4.78, 5) is 4.10. The zero-order valence-corrected chi connectivity index (χ0v) is 12.8. The molecule has 0 saturated carbocycles. The van der Waals surface area contributed by atoms with Gasteiger partial charge in [-0.2, -0.15) is 0 Å². The number of alkyl halides is 1. The van der Waals surface area contributed by atoms with Crippen molar-refractivity contribution in [3.05, 3.63) is 29.3 Å². The average Bonchev–Trinajstić information content (AvgIpc) is 2.59. The maximum atomic E-state index is 14.3. The third-order valence-corrected chi connectivity index (χ3v) is 4.20. The first-order valence-electron chi connectivity index (χ1n) is 7.05. The monoisotopic (exact) mass is 302 g/mol. The number of hydrogen-bond donors (Lipinski definition) is 0. The van der Waals surface area contributed by atoms with Crippen LogP contribution in [-0.2, 0) is 5.88 Å². The molecule has 1 atom stereocenters. The zero-order chi connectivity index (χ0) is 14.7. The average molecular weight is 303 g/mol. The first kappa shape index (κ1) is 15.5. The molecule has 0 aromatic heterocycles. The largest absolute Gasteiger partial charge is 0.362 e.